The lowest BCUT2D eigenvalue weighted by molar-refractivity contribution is 0.242. The predicted octanol–water partition coefficient (Wildman–Crippen LogP) is 3.23. The molecule has 2 rings (SSSR count). The molecular weight excluding hydrogens is 262 g/mol. The lowest BCUT2D eigenvalue weighted by Gasteiger charge is -2.19. The summed E-state index contributed by atoms with van der Waals surface area (Å²) in [4.78, 5) is 0. The van der Waals surface area contributed by atoms with Crippen molar-refractivity contribution in [1.29, 1.82) is 0 Å². The third-order valence-electron chi connectivity index (χ3n) is 3.01. The van der Waals surface area contributed by atoms with Gasteiger partial charge in [-0.3, -0.25) is 0 Å². The normalized spacial score (nSPS) is 11.6. The van der Waals surface area contributed by atoms with Crippen LogP contribution in [0.2, 0.25) is 0 Å². The topological polar surface area (TPSA) is 39.1 Å². The van der Waals surface area contributed by atoms with Gasteiger partial charge in [-0.1, -0.05) is 51.1 Å². The summed E-state index contributed by atoms with van der Waals surface area (Å²) in [6.07, 6.45) is 0. The smallest absolute Gasteiger partial charge is 0.212 e. The van der Waals surface area contributed by atoms with Gasteiger partial charge < -0.3 is 10.1 Å². The Labute approximate surface area is 127 Å². The summed E-state index contributed by atoms with van der Waals surface area (Å²) in [6.45, 7) is 8.75. The Bertz CT molecular complexity index is 555. The first-order chi connectivity index (χ1) is 9.98. The molecule has 0 aliphatic heterocycles. The minimum absolute atomic E-state index is 0.161. The summed E-state index contributed by atoms with van der Waals surface area (Å²) in [6, 6.07) is 12.2. The first-order valence-corrected chi connectivity index (χ1v) is 7.36. The summed E-state index contributed by atoms with van der Waals surface area (Å²) in [5.41, 5.74) is 2.33. The van der Waals surface area contributed by atoms with Gasteiger partial charge in [0.1, 0.15) is 6.61 Å². The van der Waals surface area contributed by atoms with Crippen molar-refractivity contribution in [2.75, 3.05) is 7.05 Å². The Morgan fingerprint density at radius 1 is 1.19 bits per heavy atom. The van der Waals surface area contributed by atoms with Crippen LogP contribution in [0.15, 0.2) is 36.4 Å². The average molecular weight is 287 g/mol. The zero-order valence-corrected chi connectivity index (χ0v) is 13.4. The van der Waals surface area contributed by atoms with Crippen LogP contribution in [-0.2, 0) is 19.7 Å². The second-order valence-corrected chi connectivity index (χ2v) is 6.50. The van der Waals surface area contributed by atoms with Gasteiger partial charge in [0.2, 0.25) is 5.88 Å². The molecule has 114 valence electrons. The van der Waals surface area contributed by atoms with Gasteiger partial charge in [0.15, 0.2) is 0 Å². The van der Waals surface area contributed by atoms with Crippen LogP contribution >= 0.6 is 0 Å². The molecule has 0 saturated heterocycles. The molecule has 0 aliphatic carbocycles. The van der Waals surface area contributed by atoms with Crippen LogP contribution in [0.1, 0.15) is 32.0 Å². The minimum Gasteiger partial charge on any atom is -0.473 e. The second-order valence-electron chi connectivity index (χ2n) is 6.50. The van der Waals surface area contributed by atoms with E-state index in [0.29, 0.717) is 6.61 Å². The van der Waals surface area contributed by atoms with Crippen molar-refractivity contribution in [2.24, 2.45) is 5.41 Å². The molecule has 1 aromatic heterocycles. The van der Waals surface area contributed by atoms with Gasteiger partial charge in [0.05, 0.1) is 5.69 Å². The maximum Gasteiger partial charge on any atom is 0.212 e. The van der Waals surface area contributed by atoms with E-state index in [1.165, 1.54) is 0 Å². The molecule has 4 heteroatoms. The molecule has 21 heavy (non-hydrogen) atoms. The van der Waals surface area contributed by atoms with Crippen molar-refractivity contribution in [3.8, 4) is 5.88 Å². The predicted molar refractivity (Wildman–Crippen MR) is 85.2 cm³/mol. The summed E-state index contributed by atoms with van der Waals surface area (Å²) in [7, 11) is 1.92. The molecule has 0 saturated carbocycles. The van der Waals surface area contributed by atoms with E-state index >= 15 is 0 Å². The molecule has 4 nitrogen and oxygen atoms in total. The van der Waals surface area contributed by atoms with Gasteiger partial charge in [-0.05, 0) is 18.0 Å². The number of nitrogens with zero attached hydrogens (tertiary/aromatic N) is 2. The fourth-order valence-electron chi connectivity index (χ4n) is 2.13. The largest absolute Gasteiger partial charge is 0.473 e. The van der Waals surface area contributed by atoms with Crippen molar-refractivity contribution in [3.63, 3.8) is 0 Å². The Hall–Kier alpha value is -1.81. The van der Waals surface area contributed by atoms with E-state index in [0.717, 1.165) is 30.2 Å². The quantitative estimate of drug-likeness (QED) is 0.886. The van der Waals surface area contributed by atoms with Gasteiger partial charge in [-0.2, -0.15) is 5.10 Å². The monoisotopic (exact) mass is 287 g/mol. The van der Waals surface area contributed by atoms with Crippen LogP contribution < -0.4 is 10.1 Å². The van der Waals surface area contributed by atoms with E-state index < -0.39 is 0 Å². The maximum atomic E-state index is 5.97. The van der Waals surface area contributed by atoms with Crippen molar-refractivity contribution >= 4 is 0 Å². The average Bonchev–Trinajstić information content (AvgIpc) is 2.78. The van der Waals surface area contributed by atoms with Crippen LogP contribution in [0.3, 0.4) is 0 Å². The molecule has 0 aliphatic rings. The number of hydrogen-bond donors (Lipinski definition) is 1. The third-order valence-corrected chi connectivity index (χ3v) is 3.01. The van der Waals surface area contributed by atoms with Crippen LogP contribution in [0.25, 0.3) is 0 Å². The summed E-state index contributed by atoms with van der Waals surface area (Å²) < 4.78 is 7.94. The highest BCUT2D eigenvalue weighted by Crippen LogP contribution is 2.22. The van der Waals surface area contributed by atoms with Gasteiger partial charge in [0, 0.05) is 19.2 Å². The zero-order valence-electron chi connectivity index (χ0n) is 13.4. The highest BCUT2D eigenvalue weighted by atomic mass is 16.5. The second kappa shape index (κ2) is 6.76. The van der Waals surface area contributed by atoms with Gasteiger partial charge in [-0.25, -0.2) is 4.68 Å². The van der Waals surface area contributed by atoms with Gasteiger partial charge in [0.25, 0.3) is 0 Å². The molecule has 0 amide bonds. The van der Waals surface area contributed by atoms with E-state index in [4.69, 9.17) is 4.74 Å². The standard InChI is InChI=1S/C17H25N3O/c1-17(2,3)13-20-16(10-15(19-20)11-18-4)21-12-14-8-6-5-7-9-14/h5-10,18H,11-13H2,1-4H3. The summed E-state index contributed by atoms with van der Waals surface area (Å²) in [5.74, 6) is 0.832. The van der Waals surface area contributed by atoms with Crippen molar-refractivity contribution < 1.29 is 4.74 Å². The van der Waals surface area contributed by atoms with Crippen LogP contribution in [0.4, 0.5) is 0 Å². The highest BCUT2D eigenvalue weighted by molar-refractivity contribution is 5.19. The molecule has 2 aromatic rings. The van der Waals surface area contributed by atoms with E-state index in [9.17, 15) is 0 Å². The molecule has 0 radical (unpaired) electrons. The first-order valence-electron chi connectivity index (χ1n) is 7.36. The van der Waals surface area contributed by atoms with Crippen LogP contribution in [-0.4, -0.2) is 16.8 Å². The maximum absolute atomic E-state index is 5.97. The fourth-order valence-corrected chi connectivity index (χ4v) is 2.13. The number of hydrogen-bond acceptors (Lipinski definition) is 3. The fraction of sp³-hybridized carbons (Fsp3) is 0.471. The third kappa shape index (κ3) is 4.90. The number of ether oxygens (including phenoxy) is 1. The van der Waals surface area contributed by atoms with Crippen LogP contribution in [0, 0.1) is 5.41 Å². The number of rotatable bonds is 6. The molecule has 0 fully saturated rings. The van der Waals surface area contributed by atoms with Crippen molar-refractivity contribution in [3.05, 3.63) is 47.7 Å². The Morgan fingerprint density at radius 2 is 1.90 bits per heavy atom. The van der Waals surface area contributed by atoms with Crippen molar-refractivity contribution in [2.45, 2.75) is 40.5 Å². The number of benzene rings is 1. The Kier molecular flexibility index (Phi) is 5.02. The first kappa shape index (κ1) is 15.6. The van der Waals surface area contributed by atoms with E-state index in [2.05, 4.69) is 43.3 Å². The summed E-state index contributed by atoms with van der Waals surface area (Å²) in [5, 5.41) is 7.76. The lowest BCUT2D eigenvalue weighted by atomic mass is 9.97. The molecule has 0 atom stereocenters. The SMILES string of the molecule is CNCc1cc(OCc2ccccc2)n(CC(C)(C)C)n1. The van der Waals surface area contributed by atoms with E-state index in [1.807, 2.05) is 36.0 Å². The molecule has 0 bridgehead atoms. The summed E-state index contributed by atoms with van der Waals surface area (Å²) >= 11 is 0. The number of aromatic nitrogens is 2. The molecule has 1 aromatic carbocycles. The van der Waals surface area contributed by atoms with Crippen molar-refractivity contribution in [1.82, 2.24) is 15.1 Å². The van der Waals surface area contributed by atoms with Gasteiger partial charge in [-0.15, -0.1) is 0 Å². The highest BCUT2D eigenvalue weighted by Gasteiger charge is 2.16. The Balaban J connectivity index is 2.12. The molecular formula is C17H25N3O. The molecule has 0 spiro atoms. The molecule has 0 unspecified atom stereocenters. The van der Waals surface area contributed by atoms with E-state index in [-0.39, 0.29) is 5.41 Å². The van der Waals surface area contributed by atoms with Crippen LogP contribution in [0.5, 0.6) is 5.88 Å². The molecule has 1 N–H and O–H groups in total. The Morgan fingerprint density at radius 3 is 2.52 bits per heavy atom. The zero-order chi connectivity index (χ0) is 15.3. The van der Waals surface area contributed by atoms with Gasteiger partial charge >= 0.3 is 0 Å². The molecule has 1 heterocycles. The number of nitrogens with one attached hydrogen (secondary N) is 1. The van der Waals surface area contributed by atoms with E-state index in [1.54, 1.807) is 0 Å². The lowest BCUT2D eigenvalue weighted by Crippen LogP contribution is -2.18. The minimum atomic E-state index is 0.161.